The van der Waals surface area contributed by atoms with E-state index in [1.54, 1.807) is 16.8 Å². The Bertz CT molecular complexity index is 1350. The molecular formula is C24H26ClN7O2. The topological polar surface area (TPSA) is 93.2 Å². The lowest BCUT2D eigenvalue weighted by Crippen LogP contribution is -2.48. The van der Waals surface area contributed by atoms with E-state index >= 15 is 0 Å². The average molecular weight is 480 g/mol. The van der Waals surface area contributed by atoms with Gasteiger partial charge in [-0.2, -0.15) is 10.1 Å². The summed E-state index contributed by atoms with van der Waals surface area (Å²) >= 11 is 5.94. The third kappa shape index (κ3) is 4.23. The van der Waals surface area contributed by atoms with Crippen molar-refractivity contribution in [1.82, 2.24) is 29.6 Å². The summed E-state index contributed by atoms with van der Waals surface area (Å²) in [6.45, 7) is 8.66. The van der Waals surface area contributed by atoms with Gasteiger partial charge in [0.2, 0.25) is 5.65 Å². The molecule has 176 valence electrons. The van der Waals surface area contributed by atoms with Crippen LogP contribution in [0.25, 0.3) is 22.6 Å². The lowest BCUT2D eigenvalue weighted by atomic mass is 9.96. The van der Waals surface area contributed by atoms with Crippen LogP contribution in [-0.2, 0) is 12.5 Å². The van der Waals surface area contributed by atoms with Crippen molar-refractivity contribution in [3.63, 3.8) is 0 Å². The fraction of sp³-hybridized carbons (Fsp3) is 0.375. The molecule has 0 unspecified atom stereocenters. The van der Waals surface area contributed by atoms with Gasteiger partial charge in [-0.25, -0.2) is 14.6 Å². The normalized spacial score (nSPS) is 14.7. The fourth-order valence-electron chi connectivity index (χ4n) is 3.92. The van der Waals surface area contributed by atoms with Crippen LogP contribution in [-0.4, -0.2) is 61.7 Å². The van der Waals surface area contributed by atoms with Gasteiger partial charge in [-0.05, 0) is 24.3 Å². The van der Waals surface area contributed by atoms with Crippen molar-refractivity contribution in [1.29, 1.82) is 0 Å². The van der Waals surface area contributed by atoms with Crippen LogP contribution in [0.2, 0.25) is 5.15 Å². The smallest absolute Gasteiger partial charge is 0.300 e. The Hall–Kier alpha value is -3.46. The molecule has 0 atom stereocenters. The van der Waals surface area contributed by atoms with E-state index in [0.29, 0.717) is 54.1 Å². The van der Waals surface area contributed by atoms with Crippen LogP contribution in [0.4, 0.5) is 6.01 Å². The summed E-state index contributed by atoms with van der Waals surface area (Å²) in [5.41, 5.74) is 2.53. The molecule has 1 saturated heterocycles. The summed E-state index contributed by atoms with van der Waals surface area (Å²) < 4.78 is 7.59. The van der Waals surface area contributed by atoms with Crippen LogP contribution in [0.1, 0.15) is 37.0 Å². The molecule has 1 aliphatic rings. The third-order valence-corrected chi connectivity index (χ3v) is 6.08. The highest BCUT2D eigenvalue weighted by Crippen LogP contribution is 2.25. The molecule has 0 radical (unpaired) electrons. The summed E-state index contributed by atoms with van der Waals surface area (Å²) in [6, 6.07) is 11.5. The quantitative estimate of drug-likeness (QED) is 0.411. The number of pyridine rings is 1. The number of hydrogen-bond donors (Lipinski definition) is 0. The van der Waals surface area contributed by atoms with E-state index < -0.39 is 0 Å². The monoisotopic (exact) mass is 479 g/mol. The highest BCUT2D eigenvalue weighted by atomic mass is 35.5. The van der Waals surface area contributed by atoms with E-state index in [1.807, 2.05) is 41.1 Å². The van der Waals surface area contributed by atoms with Crippen molar-refractivity contribution in [2.45, 2.75) is 26.2 Å². The number of nitrogens with zero attached hydrogens (tertiary/aromatic N) is 7. The number of oxazole rings is 1. The molecule has 4 aromatic rings. The van der Waals surface area contributed by atoms with E-state index in [-0.39, 0.29) is 11.3 Å². The summed E-state index contributed by atoms with van der Waals surface area (Å²) in [7, 11) is 1.89. The summed E-state index contributed by atoms with van der Waals surface area (Å²) in [6.07, 6.45) is 0. The molecule has 1 aromatic carbocycles. The number of halogens is 1. The lowest BCUT2D eigenvalue weighted by Gasteiger charge is -2.33. The Morgan fingerprint density at radius 1 is 0.971 bits per heavy atom. The van der Waals surface area contributed by atoms with Gasteiger partial charge in [-0.15, -0.1) is 0 Å². The molecule has 0 aliphatic carbocycles. The first kappa shape index (κ1) is 22.3. The molecule has 1 amide bonds. The standard InChI is InChI=1S/C24H26ClN7O2/c1-24(2,3)22-28-20(30(4)29-22)15-5-7-16(8-6-15)21(33)31-11-13-32(14-12-31)23-27-19-17(34-23)9-10-18(25)26-19/h5-10H,11-14H2,1-4H3. The number of benzene rings is 1. The zero-order chi connectivity index (χ0) is 24.0. The summed E-state index contributed by atoms with van der Waals surface area (Å²) in [4.78, 5) is 30.3. The first-order chi connectivity index (χ1) is 16.2. The van der Waals surface area contributed by atoms with Gasteiger partial charge in [0.1, 0.15) is 5.15 Å². The Morgan fingerprint density at radius 2 is 1.68 bits per heavy atom. The predicted molar refractivity (Wildman–Crippen MR) is 130 cm³/mol. The molecule has 1 fully saturated rings. The predicted octanol–water partition coefficient (Wildman–Crippen LogP) is 3.93. The largest absolute Gasteiger partial charge is 0.422 e. The summed E-state index contributed by atoms with van der Waals surface area (Å²) in [5, 5.41) is 4.92. The average Bonchev–Trinajstić information content (AvgIpc) is 3.42. The zero-order valence-electron chi connectivity index (χ0n) is 19.6. The molecule has 5 rings (SSSR count). The number of rotatable bonds is 3. The molecular weight excluding hydrogens is 454 g/mol. The van der Waals surface area contributed by atoms with Crippen LogP contribution < -0.4 is 4.90 Å². The molecule has 0 saturated carbocycles. The second-order valence-electron chi connectivity index (χ2n) is 9.44. The van der Waals surface area contributed by atoms with Crippen LogP contribution >= 0.6 is 11.6 Å². The number of aryl methyl sites for hydroxylation is 1. The molecule has 0 spiro atoms. The van der Waals surface area contributed by atoms with Crippen LogP contribution in [0, 0.1) is 0 Å². The van der Waals surface area contributed by atoms with Crippen molar-refractivity contribution >= 4 is 34.8 Å². The molecule has 34 heavy (non-hydrogen) atoms. The van der Waals surface area contributed by atoms with Gasteiger partial charge in [0.05, 0.1) is 0 Å². The highest BCUT2D eigenvalue weighted by molar-refractivity contribution is 6.29. The van der Waals surface area contributed by atoms with Crippen molar-refractivity contribution < 1.29 is 9.21 Å². The maximum atomic E-state index is 13.1. The minimum atomic E-state index is -0.129. The lowest BCUT2D eigenvalue weighted by molar-refractivity contribution is 0.0745. The Labute approximate surface area is 202 Å². The second-order valence-corrected chi connectivity index (χ2v) is 9.83. The molecule has 3 aromatic heterocycles. The van der Waals surface area contributed by atoms with Gasteiger partial charge in [-0.1, -0.05) is 44.5 Å². The third-order valence-electron chi connectivity index (χ3n) is 5.87. The minimum Gasteiger partial charge on any atom is -0.422 e. The molecule has 0 bridgehead atoms. The van der Waals surface area contributed by atoms with Gasteiger partial charge < -0.3 is 14.2 Å². The van der Waals surface area contributed by atoms with Gasteiger partial charge >= 0.3 is 0 Å². The van der Waals surface area contributed by atoms with Crippen molar-refractivity contribution in [3.8, 4) is 11.4 Å². The zero-order valence-corrected chi connectivity index (χ0v) is 20.4. The van der Waals surface area contributed by atoms with Crippen molar-refractivity contribution in [3.05, 3.63) is 52.9 Å². The first-order valence-electron chi connectivity index (χ1n) is 11.2. The van der Waals surface area contributed by atoms with Gasteiger partial charge in [-0.3, -0.25) is 4.79 Å². The first-order valence-corrected chi connectivity index (χ1v) is 11.6. The summed E-state index contributed by atoms with van der Waals surface area (Å²) in [5.74, 6) is 1.58. The van der Waals surface area contributed by atoms with Gasteiger partial charge in [0.25, 0.3) is 11.9 Å². The van der Waals surface area contributed by atoms with Crippen LogP contribution in [0.15, 0.2) is 40.8 Å². The van der Waals surface area contributed by atoms with E-state index in [0.717, 1.165) is 17.2 Å². The number of carbonyl (C=O) groups excluding carboxylic acids is 1. The van der Waals surface area contributed by atoms with Crippen molar-refractivity contribution in [2.24, 2.45) is 7.05 Å². The number of anilines is 1. The molecule has 1 aliphatic heterocycles. The molecule has 4 heterocycles. The maximum Gasteiger partial charge on any atom is 0.300 e. The SMILES string of the molecule is Cn1nc(C(C)(C)C)nc1-c1ccc(C(=O)N2CCN(c3nc4nc(Cl)ccc4o3)CC2)cc1. The van der Waals surface area contributed by atoms with E-state index in [4.69, 9.17) is 21.0 Å². The Kier molecular flexibility index (Phi) is 5.51. The number of piperazine rings is 1. The van der Waals surface area contributed by atoms with E-state index in [2.05, 4.69) is 35.8 Å². The number of amides is 1. The number of aromatic nitrogens is 5. The fourth-order valence-corrected chi connectivity index (χ4v) is 4.06. The number of fused-ring (bicyclic) bond motifs is 1. The Balaban J connectivity index is 1.25. The van der Waals surface area contributed by atoms with Gasteiger partial charge in [0, 0.05) is 49.8 Å². The molecule has 10 heteroatoms. The highest BCUT2D eigenvalue weighted by Gasteiger charge is 2.26. The Morgan fingerprint density at radius 3 is 2.32 bits per heavy atom. The van der Waals surface area contributed by atoms with Gasteiger partial charge in [0.15, 0.2) is 17.2 Å². The van der Waals surface area contributed by atoms with Crippen molar-refractivity contribution in [2.75, 3.05) is 31.1 Å². The molecule has 9 nitrogen and oxygen atoms in total. The van der Waals surface area contributed by atoms with E-state index in [9.17, 15) is 4.79 Å². The number of hydrogen-bond acceptors (Lipinski definition) is 7. The molecule has 0 N–H and O–H groups in total. The second kappa shape index (κ2) is 8.39. The van der Waals surface area contributed by atoms with Crippen LogP contribution in [0.5, 0.6) is 0 Å². The van der Waals surface area contributed by atoms with Crippen LogP contribution in [0.3, 0.4) is 0 Å². The number of carbonyl (C=O) groups is 1. The minimum absolute atomic E-state index is 0.00515. The maximum absolute atomic E-state index is 13.1. The van der Waals surface area contributed by atoms with E-state index in [1.165, 1.54) is 0 Å².